The molecular weight excluding hydrogens is 468 g/mol. The Balaban J connectivity index is 1.63. The van der Waals surface area contributed by atoms with E-state index in [0.29, 0.717) is 11.3 Å². The Bertz CT molecular complexity index is 1170. The van der Waals surface area contributed by atoms with Crippen molar-refractivity contribution in [2.75, 3.05) is 19.4 Å². The average molecular weight is 493 g/mol. The Hall–Kier alpha value is -2.89. The molecule has 1 N–H and O–H groups in total. The first-order chi connectivity index (χ1) is 15.5. The topological polar surface area (TPSA) is 127 Å². The fourth-order valence-corrected chi connectivity index (χ4v) is 4.86. The number of hydrogen-bond donors (Lipinski definition) is 1. The number of imide groups is 1. The largest absolute Gasteiger partial charge is 0.456 e. The number of nitrogens with one attached hydrogen (secondary N) is 1. The van der Waals surface area contributed by atoms with Crippen LogP contribution in [0.3, 0.4) is 0 Å². The number of thiophene rings is 1. The maximum Gasteiger partial charge on any atom is 0.330 e. The Kier molecular flexibility index (Phi) is 7.45. The van der Waals surface area contributed by atoms with Gasteiger partial charge in [0.2, 0.25) is 15.8 Å². The van der Waals surface area contributed by atoms with E-state index in [1.807, 2.05) is 0 Å². The molecule has 0 bridgehead atoms. The molecule has 1 aromatic carbocycles. The zero-order valence-corrected chi connectivity index (χ0v) is 20.0. The molecule has 2 heterocycles. The molecular formula is C22H24N2O7S2. The standard InChI is InChI=1S/C22H24N2O7S2/c1-13(2)19(24-20(26)15-6-4-5-7-16(15)21(24)27)22(28)31-12-17(25)18-9-8-14(32-18)10-11-23-33(3,29)30/h4-9,13,19,23H,10-12H2,1-3H3/t19-/m0/s1. The normalized spacial score (nSPS) is 14.5. The second kappa shape index (κ2) is 9.94. The van der Waals surface area contributed by atoms with Crippen LogP contribution in [0.2, 0.25) is 0 Å². The van der Waals surface area contributed by atoms with E-state index in [1.165, 1.54) is 23.5 Å². The highest BCUT2D eigenvalue weighted by Crippen LogP contribution is 2.27. The van der Waals surface area contributed by atoms with Crippen molar-refractivity contribution in [3.63, 3.8) is 0 Å². The van der Waals surface area contributed by atoms with Gasteiger partial charge in [-0.05, 0) is 36.6 Å². The molecule has 0 aliphatic carbocycles. The minimum absolute atomic E-state index is 0.207. The first-order valence-corrected chi connectivity index (χ1v) is 12.9. The molecule has 1 aliphatic rings. The fourth-order valence-electron chi connectivity index (χ4n) is 3.45. The van der Waals surface area contributed by atoms with Crippen LogP contribution < -0.4 is 4.72 Å². The van der Waals surface area contributed by atoms with Crippen LogP contribution in [-0.2, 0) is 26.0 Å². The van der Waals surface area contributed by atoms with Gasteiger partial charge in [0, 0.05) is 11.4 Å². The first-order valence-electron chi connectivity index (χ1n) is 10.2. The lowest BCUT2D eigenvalue weighted by Crippen LogP contribution is -2.49. The molecule has 9 nitrogen and oxygen atoms in total. The minimum Gasteiger partial charge on any atom is -0.456 e. The van der Waals surface area contributed by atoms with Crippen molar-refractivity contribution in [3.05, 3.63) is 57.3 Å². The fraction of sp³-hybridized carbons (Fsp3) is 0.364. The Morgan fingerprint density at radius 1 is 1.06 bits per heavy atom. The SMILES string of the molecule is CC(C)[C@@H](C(=O)OCC(=O)c1ccc(CCNS(C)(=O)=O)s1)N1C(=O)c2ccccc2C1=O. The van der Waals surface area contributed by atoms with Crippen LogP contribution in [0.4, 0.5) is 0 Å². The van der Waals surface area contributed by atoms with Gasteiger partial charge in [-0.25, -0.2) is 17.9 Å². The summed E-state index contributed by atoms with van der Waals surface area (Å²) in [6.07, 6.45) is 1.48. The molecule has 0 radical (unpaired) electrons. The molecule has 1 aliphatic heterocycles. The summed E-state index contributed by atoms with van der Waals surface area (Å²) < 4.78 is 29.8. The van der Waals surface area contributed by atoms with E-state index >= 15 is 0 Å². The number of esters is 1. The number of benzene rings is 1. The van der Waals surface area contributed by atoms with Gasteiger partial charge in [-0.2, -0.15) is 0 Å². The summed E-state index contributed by atoms with van der Waals surface area (Å²) in [6, 6.07) is 8.47. The number of Topliss-reactive ketones (excluding diaryl/α,β-unsaturated/α-hetero) is 1. The number of fused-ring (bicyclic) bond motifs is 1. The number of ketones is 1. The number of ether oxygens (including phenoxy) is 1. The van der Waals surface area contributed by atoms with Crippen LogP contribution >= 0.6 is 11.3 Å². The van der Waals surface area contributed by atoms with Gasteiger partial charge in [-0.3, -0.25) is 19.3 Å². The lowest BCUT2D eigenvalue weighted by molar-refractivity contribution is -0.148. The van der Waals surface area contributed by atoms with Crippen LogP contribution in [0.15, 0.2) is 36.4 Å². The highest BCUT2D eigenvalue weighted by atomic mass is 32.2. The Morgan fingerprint density at radius 2 is 1.67 bits per heavy atom. The highest BCUT2D eigenvalue weighted by Gasteiger charge is 2.44. The number of rotatable bonds is 10. The monoisotopic (exact) mass is 492 g/mol. The smallest absolute Gasteiger partial charge is 0.330 e. The van der Waals surface area contributed by atoms with Crippen molar-refractivity contribution in [3.8, 4) is 0 Å². The molecule has 3 rings (SSSR count). The molecule has 176 valence electrons. The number of amides is 2. The second-order valence-corrected chi connectivity index (χ2v) is 10.9. The maximum absolute atomic E-state index is 12.8. The quantitative estimate of drug-likeness (QED) is 0.305. The van der Waals surface area contributed by atoms with Crippen molar-refractivity contribution >= 4 is 44.9 Å². The molecule has 0 saturated carbocycles. The molecule has 11 heteroatoms. The van der Waals surface area contributed by atoms with Gasteiger partial charge in [0.15, 0.2) is 6.61 Å². The third-order valence-electron chi connectivity index (χ3n) is 4.99. The number of nitrogens with zero attached hydrogens (tertiary/aromatic N) is 1. The summed E-state index contributed by atoms with van der Waals surface area (Å²) in [7, 11) is -3.29. The van der Waals surface area contributed by atoms with Gasteiger partial charge in [0.25, 0.3) is 11.8 Å². The van der Waals surface area contributed by atoms with E-state index in [2.05, 4.69) is 4.72 Å². The molecule has 33 heavy (non-hydrogen) atoms. The molecule has 1 atom stereocenters. The van der Waals surface area contributed by atoms with Crippen LogP contribution in [-0.4, -0.2) is 62.3 Å². The summed E-state index contributed by atoms with van der Waals surface area (Å²) in [5, 5.41) is 0. The first kappa shape index (κ1) is 24.7. The van der Waals surface area contributed by atoms with Crippen molar-refractivity contribution in [2.45, 2.75) is 26.3 Å². The second-order valence-electron chi connectivity index (χ2n) is 7.93. The molecule has 1 aromatic heterocycles. The summed E-state index contributed by atoms with van der Waals surface area (Å²) in [4.78, 5) is 52.9. The molecule has 0 unspecified atom stereocenters. The van der Waals surface area contributed by atoms with Gasteiger partial charge >= 0.3 is 5.97 Å². The summed E-state index contributed by atoms with van der Waals surface area (Å²) in [5.41, 5.74) is 0.460. The van der Waals surface area contributed by atoms with Gasteiger partial charge in [0.1, 0.15) is 6.04 Å². The summed E-state index contributed by atoms with van der Waals surface area (Å²) in [5.74, 6) is -2.82. The van der Waals surface area contributed by atoms with Crippen molar-refractivity contribution in [2.24, 2.45) is 5.92 Å². The number of sulfonamides is 1. The van der Waals surface area contributed by atoms with Gasteiger partial charge < -0.3 is 4.74 Å². The summed E-state index contributed by atoms with van der Waals surface area (Å²) in [6.45, 7) is 3.05. The van der Waals surface area contributed by atoms with E-state index in [-0.39, 0.29) is 17.7 Å². The van der Waals surface area contributed by atoms with E-state index in [4.69, 9.17) is 4.74 Å². The lowest BCUT2D eigenvalue weighted by Gasteiger charge is -2.27. The predicted octanol–water partition coefficient (Wildman–Crippen LogP) is 1.89. The molecule has 0 spiro atoms. The van der Waals surface area contributed by atoms with Crippen molar-refractivity contribution in [1.29, 1.82) is 0 Å². The average Bonchev–Trinajstić information content (AvgIpc) is 3.30. The highest BCUT2D eigenvalue weighted by molar-refractivity contribution is 7.88. The van der Waals surface area contributed by atoms with E-state index in [0.717, 1.165) is 16.0 Å². The Morgan fingerprint density at radius 3 is 2.21 bits per heavy atom. The lowest BCUT2D eigenvalue weighted by atomic mass is 10.0. The molecule has 2 aromatic rings. The van der Waals surface area contributed by atoms with Gasteiger partial charge in [0.05, 0.1) is 22.3 Å². The maximum atomic E-state index is 12.8. The summed E-state index contributed by atoms with van der Waals surface area (Å²) >= 11 is 1.18. The van der Waals surface area contributed by atoms with Crippen LogP contribution in [0.25, 0.3) is 0 Å². The van der Waals surface area contributed by atoms with E-state index < -0.39 is 52.2 Å². The zero-order chi connectivity index (χ0) is 24.3. The zero-order valence-electron chi connectivity index (χ0n) is 18.4. The molecule has 0 fully saturated rings. The number of hydrogen-bond acceptors (Lipinski definition) is 8. The van der Waals surface area contributed by atoms with Gasteiger partial charge in [-0.1, -0.05) is 26.0 Å². The van der Waals surface area contributed by atoms with Crippen molar-refractivity contribution in [1.82, 2.24) is 9.62 Å². The van der Waals surface area contributed by atoms with E-state index in [9.17, 15) is 27.6 Å². The number of carbonyl (C=O) groups excluding carboxylic acids is 4. The Labute approximate surface area is 195 Å². The number of carbonyl (C=O) groups is 4. The van der Waals surface area contributed by atoms with Crippen LogP contribution in [0.5, 0.6) is 0 Å². The third-order valence-corrected chi connectivity index (χ3v) is 6.91. The van der Waals surface area contributed by atoms with Gasteiger partial charge in [-0.15, -0.1) is 11.3 Å². The minimum atomic E-state index is -3.29. The third kappa shape index (κ3) is 5.73. The van der Waals surface area contributed by atoms with Crippen LogP contribution in [0, 0.1) is 5.92 Å². The molecule has 0 saturated heterocycles. The molecule has 2 amide bonds. The van der Waals surface area contributed by atoms with E-state index in [1.54, 1.807) is 38.1 Å². The predicted molar refractivity (Wildman–Crippen MR) is 122 cm³/mol. The van der Waals surface area contributed by atoms with Crippen LogP contribution in [0.1, 0.15) is 49.1 Å². The van der Waals surface area contributed by atoms with Crippen molar-refractivity contribution < 1.29 is 32.3 Å².